The van der Waals surface area contributed by atoms with Crippen molar-refractivity contribution in [3.05, 3.63) is 0 Å². The normalized spacial score (nSPS) is 38.4. The molecule has 0 aromatic carbocycles. The zero-order valence-electron chi connectivity index (χ0n) is 17.6. The lowest BCUT2D eigenvalue weighted by Crippen LogP contribution is -2.67. The molecule has 3 saturated carbocycles. The molecule has 4 atom stereocenters. The monoisotopic (exact) mass is 425 g/mol. The van der Waals surface area contributed by atoms with Crippen molar-refractivity contribution in [2.24, 2.45) is 22.9 Å². The molecule has 0 bridgehead atoms. The fraction of sp³-hybridized carbons (Fsp3) is 0.905. The number of rotatable bonds is 3. The van der Waals surface area contributed by atoms with Gasteiger partial charge in [-0.3, -0.25) is 9.59 Å². The summed E-state index contributed by atoms with van der Waals surface area (Å²) in [5.74, 6) is 1.58. The number of sulfonamides is 1. The zero-order chi connectivity index (χ0) is 20.9. The largest absolute Gasteiger partial charge is 0.335 e. The van der Waals surface area contributed by atoms with Crippen LogP contribution in [0.3, 0.4) is 0 Å². The summed E-state index contributed by atoms with van der Waals surface area (Å²) >= 11 is 0. The van der Waals surface area contributed by atoms with E-state index in [1.165, 1.54) is 0 Å². The Kier molecular flexibility index (Phi) is 5.70. The third kappa shape index (κ3) is 4.20. The smallest absolute Gasteiger partial charge is 0.226 e. The van der Waals surface area contributed by atoms with Crippen LogP contribution in [-0.2, 0) is 19.6 Å². The van der Waals surface area contributed by atoms with Crippen LogP contribution in [0.15, 0.2) is 0 Å². The summed E-state index contributed by atoms with van der Waals surface area (Å²) in [5.41, 5.74) is 0. The average Bonchev–Trinajstić information content (AvgIpc) is 3.51. The number of nitrogens with two attached hydrogens (primary N) is 1. The minimum atomic E-state index is -3.44. The van der Waals surface area contributed by atoms with Gasteiger partial charge in [-0.25, -0.2) is 13.6 Å². The minimum Gasteiger partial charge on any atom is -0.335 e. The summed E-state index contributed by atoms with van der Waals surface area (Å²) in [6, 6.07) is 0.298. The Bertz CT molecular complexity index is 758. The number of primary sulfonamides is 1. The fourth-order valence-electron chi connectivity index (χ4n) is 6.34. The second kappa shape index (κ2) is 7.84. The summed E-state index contributed by atoms with van der Waals surface area (Å²) < 4.78 is 23.3. The van der Waals surface area contributed by atoms with E-state index < -0.39 is 15.3 Å². The molecule has 0 aromatic heterocycles. The fourth-order valence-corrected chi connectivity index (χ4v) is 7.26. The topological polar surface area (TPSA) is 101 Å². The van der Waals surface area contributed by atoms with Gasteiger partial charge in [-0.1, -0.05) is 0 Å². The maximum absolute atomic E-state index is 13.0. The van der Waals surface area contributed by atoms with E-state index in [9.17, 15) is 18.0 Å². The highest BCUT2D eigenvalue weighted by Gasteiger charge is 2.49. The Hall–Kier alpha value is -1.15. The number of amides is 2. The standard InChI is InChI=1S/C21H35N3O4S/c1-13-12-23(21(26)16-3-4-16)20-11-17(7-10-19(20)24(13)14(2)25)15-5-8-18(9-6-15)29(22,27)28/h13,15-20H,3-12H2,1-2H3,(H2,22,27,28)/t13-,15?,17?,18?,19?,20?/m0/s1. The molecule has 8 heteroatoms. The van der Waals surface area contributed by atoms with E-state index in [1.807, 2.05) is 4.90 Å². The van der Waals surface area contributed by atoms with Gasteiger partial charge in [0.2, 0.25) is 21.8 Å². The molecule has 164 valence electrons. The van der Waals surface area contributed by atoms with Crippen molar-refractivity contribution in [2.45, 2.75) is 95.0 Å². The highest BCUT2D eigenvalue weighted by Crippen LogP contribution is 2.44. The Morgan fingerprint density at radius 2 is 1.52 bits per heavy atom. The second-order valence-electron chi connectivity index (χ2n) is 9.87. The van der Waals surface area contributed by atoms with E-state index in [4.69, 9.17) is 5.14 Å². The number of fused-ring (bicyclic) bond motifs is 1. The molecule has 0 radical (unpaired) electrons. The van der Waals surface area contributed by atoms with E-state index in [2.05, 4.69) is 11.8 Å². The lowest BCUT2D eigenvalue weighted by atomic mass is 9.69. The number of piperazine rings is 1. The van der Waals surface area contributed by atoms with Crippen molar-refractivity contribution in [1.29, 1.82) is 0 Å². The van der Waals surface area contributed by atoms with E-state index in [0.29, 0.717) is 31.2 Å². The molecular weight excluding hydrogens is 390 g/mol. The van der Waals surface area contributed by atoms with Crippen LogP contribution in [0.25, 0.3) is 0 Å². The number of carbonyl (C=O) groups is 2. The maximum Gasteiger partial charge on any atom is 0.226 e. The molecule has 29 heavy (non-hydrogen) atoms. The van der Waals surface area contributed by atoms with Crippen molar-refractivity contribution < 1.29 is 18.0 Å². The Balaban J connectivity index is 1.48. The van der Waals surface area contributed by atoms with Gasteiger partial charge in [0.1, 0.15) is 0 Å². The van der Waals surface area contributed by atoms with Gasteiger partial charge < -0.3 is 9.80 Å². The van der Waals surface area contributed by atoms with Crippen molar-refractivity contribution in [3.63, 3.8) is 0 Å². The summed E-state index contributed by atoms with van der Waals surface area (Å²) in [4.78, 5) is 29.5. The quantitative estimate of drug-likeness (QED) is 0.746. The van der Waals surface area contributed by atoms with Crippen LogP contribution in [0.2, 0.25) is 0 Å². The lowest BCUT2D eigenvalue weighted by Gasteiger charge is -2.55. The van der Waals surface area contributed by atoms with Gasteiger partial charge in [0.25, 0.3) is 0 Å². The van der Waals surface area contributed by atoms with E-state index in [0.717, 1.165) is 44.9 Å². The second-order valence-corrected chi connectivity index (χ2v) is 11.7. The van der Waals surface area contributed by atoms with Gasteiger partial charge in [-0.05, 0) is 76.5 Å². The summed E-state index contributed by atoms with van der Waals surface area (Å²) in [6.07, 6.45) is 8.00. The summed E-state index contributed by atoms with van der Waals surface area (Å²) in [6.45, 7) is 4.35. The number of hydrogen-bond donors (Lipinski definition) is 1. The van der Waals surface area contributed by atoms with Crippen LogP contribution >= 0.6 is 0 Å². The van der Waals surface area contributed by atoms with Crippen LogP contribution in [0, 0.1) is 17.8 Å². The van der Waals surface area contributed by atoms with E-state index >= 15 is 0 Å². The predicted octanol–water partition coefficient (Wildman–Crippen LogP) is 1.86. The first-order valence-electron chi connectivity index (χ1n) is 11.3. The van der Waals surface area contributed by atoms with Crippen LogP contribution in [0.5, 0.6) is 0 Å². The number of nitrogens with zero attached hydrogens (tertiary/aromatic N) is 2. The van der Waals surface area contributed by atoms with Gasteiger partial charge in [-0.2, -0.15) is 0 Å². The lowest BCUT2D eigenvalue weighted by molar-refractivity contribution is -0.155. The van der Waals surface area contributed by atoms with E-state index in [1.54, 1.807) is 6.92 Å². The van der Waals surface area contributed by atoms with Crippen LogP contribution < -0.4 is 5.14 Å². The molecule has 3 unspecified atom stereocenters. The molecule has 2 amide bonds. The van der Waals surface area contributed by atoms with Gasteiger partial charge in [-0.15, -0.1) is 0 Å². The maximum atomic E-state index is 13.0. The third-order valence-electron chi connectivity index (χ3n) is 7.94. The molecule has 3 aliphatic carbocycles. The van der Waals surface area contributed by atoms with Gasteiger partial charge in [0.05, 0.1) is 17.3 Å². The molecule has 7 nitrogen and oxygen atoms in total. The first kappa shape index (κ1) is 21.1. The Morgan fingerprint density at radius 3 is 2.07 bits per heavy atom. The van der Waals surface area contributed by atoms with Gasteiger partial charge in [0, 0.05) is 25.4 Å². The third-order valence-corrected chi connectivity index (χ3v) is 9.34. The SMILES string of the molecule is CC(=O)N1C2CCC(C3CCC(S(N)(=O)=O)CC3)CC2N(C(=O)C2CC2)C[C@@H]1C. The molecule has 1 saturated heterocycles. The van der Waals surface area contributed by atoms with Crippen molar-refractivity contribution in [1.82, 2.24) is 9.80 Å². The predicted molar refractivity (Wildman–Crippen MR) is 110 cm³/mol. The van der Waals surface area contributed by atoms with Crippen LogP contribution in [0.1, 0.15) is 71.6 Å². The highest BCUT2D eigenvalue weighted by molar-refractivity contribution is 7.89. The number of carbonyl (C=O) groups excluding carboxylic acids is 2. The molecule has 1 heterocycles. The molecular formula is C21H35N3O4S. The molecule has 0 spiro atoms. The van der Waals surface area contributed by atoms with Gasteiger partial charge in [0.15, 0.2) is 0 Å². The van der Waals surface area contributed by atoms with Crippen molar-refractivity contribution >= 4 is 21.8 Å². The van der Waals surface area contributed by atoms with Gasteiger partial charge >= 0.3 is 0 Å². The molecule has 4 rings (SSSR count). The molecule has 4 fully saturated rings. The van der Waals surface area contributed by atoms with Crippen LogP contribution in [0.4, 0.5) is 0 Å². The van der Waals surface area contributed by atoms with Crippen molar-refractivity contribution in [2.75, 3.05) is 6.54 Å². The van der Waals surface area contributed by atoms with Crippen molar-refractivity contribution in [3.8, 4) is 0 Å². The van der Waals surface area contributed by atoms with Crippen LogP contribution in [-0.4, -0.2) is 60.0 Å². The summed E-state index contributed by atoms with van der Waals surface area (Å²) in [5, 5.41) is 4.96. The number of hydrogen-bond acceptors (Lipinski definition) is 4. The first-order valence-corrected chi connectivity index (χ1v) is 12.9. The van der Waals surface area contributed by atoms with E-state index in [-0.39, 0.29) is 35.9 Å². The minimum absolute atomic E-state index is 0.0678. The summed E-state index contributed by atoms with van der Waals surface area (Å²) in [7, 11) is -3.44. The average molecular weight is 426 g/mol. The molecule has 4 aliphatic rings. The molecule has 0 aromatic rings. The zero-order valence-corrected chi connectivity index (χ0v) is 18.4. The Morgan fingerprint density at radius 1 is 0.897 bits per heavy atom. The Labute approximate surface area is 174 Å². The molecule has 1 aliphatic heterocycles. The molecule has 2 N–H and O–H groups in total. The highest BCUT2D eigenvalue weighted by atomic mass is 32.2. The first-order chi connectivity index (χ1) is 13.7.